The van der Waals surface area contributed by atoms with Gasteiger partial charge >= 0.3 is 0 Å². The fourth-order valence-electron chi connectivity index (χ4n) is 2.09. The number of nitrogens with zero attached hydrogens (tertiary/aromatic N) is 3. The van der Waals surface area contributed by atoms with Crippen LogP contribution in [-0.2, 0) is 0 Å². The Morgan fingerprint density at radius 3 is 2.74 bits per heavy atom. The Morgan fingerprint density at radius 1 is 1.21 bits per heavy atom. The van der Waals surface area contributed by atoms with Crippen LogP contribution in [0.4, 0.5) is 11.8 Å². The molecule has 0 aliphatic carbocycles. The van der Waals surface area contributed by atoms with Gasteiger partial charge in [0.25, 0.3) is 0 Å². The molecule has 1 aromatic carbocycles. The van der Waals surface area contributed by atoms with Crippen LogP contribution in [0, 0.1) is 0 Å². The lowest BCUT2D eigenvalue weighted by Crippen LogP contribution is -2.37. The van der Waals surface area contributed by atoms with E-state index in [2.05, 4.69) is 14.9 Å². The molecule has 0 radical (unpaired) electrons. The Morgan fingerprint density at radius 2 is 2.05 bits per heavy atom. The first-order chi connectivity index (χ1) is 9.26. The van der Waals surface area contributed by atoms with Gasteiger partial charge in [0, 0.05) is 24.7 Å². The third-order valence-electron chi connectivity index (χ3n) is 3.28. The minimum atomic E-state index is 0.308. The second-order valence-corrected chi connectivity index (χ2v) is 4.54. The van der Waals surface area contributed by atoms with Gasteiger partial charge in [0.2, 0.25) is 5.95 Å². The fourth-order valence-corrected chi connectivity index (χ4v) is 2.09. The van der Waals surface area contributed by atoms with Crippen LogP contribution >= 0.6 is 0 Å². The first kappa shape index (κ1) is 11.8. The fraction of sp³-hybridized carbons (Fsp3) is 0.286. The van der Waals surface area contributed by atoms with Crippen LogP contribution in [0.25, 0.3) is 11.3 Å². The largest absolute Gasteiger partial charge is 0.497 e. The molecule has 3 rings (SSSR count). The van der Waals surface area contributed by atoms with Crippen LogP contribution in [-0.4, -0.2) is 30.2 Å². The molecule has 2 aromatic rings. The number of aromatic nitrogens is 2. The summed E-state index contributed by atoms with van der Waals surface area (Å²) in [5, 5.41) is 0. The summed E-state index contributed by atoms with van der Waals surface area (Å²) in [5.41, 5.74) is 7.61. The van der Waals surface area contributed by atoms with Crippen molar-refractivity contribution >= 4 is 11.8 Å². The van der Waals surface area contributed by atoms with Gasteiger partial charge in [-0.3, -0.25) is 0 Å². The highest BCUT2D eigenvalue weighted by Crippen LogP contribution is 2.27. The molecule has 0 atom stereocenters. The number of hydrogen-bond acceptors (Lipinski definition) is 5. The first-order valence-electron chi connectivity index (χ1n) is 6.30. The number of nitrogen functional groups attached to an aromatic ring is 1. The maximum atomic E-state index is 5.80. The molecule has 2 N–H and O–H groups in total. The molecule has 1 fully saturated rings. The summed E-state index contributed by atoms with van der Waals surface area (Å²) in [4.78, 5) is 10.8. The maximum absolute atomic E-state index is 5.80. The third-order valence-corrected chi connectivity index (χ3v) is 3.28. The van der Waals surface area contributed by atoms with E-state index in [4.69, 9.17) is 10.5 Å². The highest BCUT2D eigenvalue weighted by atomic mass is 16.5. The van der Waals surface area contributed by atoms with Gasteiger partial charge in [-0.05, 0) is 18.6 Å². The number of methoxy groups -OCH3 is 1. The quantitative estimate of drug-likeness (QED) is 0.909. The Balaban J connectivity index is 2.00. The van der Waals surface area contributed by atoms with Crippen LogP contribution in [0.2, 0.25) is 0 Å². The zero-order valence-electron chi connectivity index (χ0n) is 10.8. The number of nitrogens with two attached hydrogens (primary N) is 1. The van der Waals surface area contributed by atoms with Gasteiger partial charge < -0.3 is 15.4 Å². The SMILES string of the molecule is COc1cccc(-c2cc(N3CCC3)nc(N)n2)c1. The van der Waals surface area contributed by atoms with Gasteiger partial charge in [-0.1, -0.05) is 12.1 Å². The molecule has 0 spiro atoms. The molecule has 5 heteroatoms. The molecule has 1 aliphatic rings. The molecule has 5 nitrogen and oxygen atoms in total. The first-order valence-corrected chi connectivity index (χ1v) is 6.30. The highest BCUT2D eigenvalue weighted by molar-refractivity contribution is 5.66. The average Bonchev–Trinajstić information content (AvgIpc) is 2.36. The topological polar surface area (TPSA) is 64.3 Å². The van der Waals surface area contributed by atoms with Crippen molar-refractivity contribution in [1.29, 1.82) is 0 Å². The van der Waals surface area contributed by atoms with E-state index in [0.717, 1.165) is 35.9 Å². The van der Waals surface area contributed by atoms with Crippen molar-refractivity contribution in [3.8, 4) is 17.0 Å². The number of hydrogen-bond donors (Lipinski definition) is 1. The number of benzene rings is 1. The number of rotatable bonds is 3. The zero-order chi connectivity index (χ0) is 13.2. The number of anilines is 2. The van der Waals surface area contributed by atoms with E-state index in [0.29, 0.717) is 5.95 Å². The normalized spacial score (nSPS) is 14.1. The van der Waals surface area contributed by atoms with Gasteiger partial charge in [-0.2, -0.15) is 4.98 Å². The van der Waals surface area contributed by atoms with Crippen LogP contribution in [0.1, 0.15) is 6.42 Å². The smallest absolute Gasteiger partial charge is 0.222 e. The zero-order valence-corrected chi connectivity index (χ0v) is 10.8. The summed E-state index contributed by atoms with van der Waals surface area (Å²) in [6.07, 6.45) is 1.21. The summed E-state index contributed by atoms with van der Waals surface area (Å²) in [7, 11) is 1.65. The second-order valence-electron chi connectivity index (χ2n) is 4.54. The van der Waals surface area contributed by atoms with Gasteiger partial charge in [-0.25, -0.2) is 4.98 Å². The van der Waals surface area contributed by atoms with Crippen LogP contribution in [0.5, 0.6) is 5.75 Å². The molecule has 1 saturated heterocycles. The molecule has 1 aromatic heterocycles. The van der Waals surface area contributed by atoms with E-state index in [1.54, 1.807) is 7.11 Å². The molecule has 98 valence electrons. The minimum Gasteiger partial charge on any atom is -0.497 e. The summed E-state index contributed by atoms with van der Waals surface area (Å²) in [6, 6.07) is 9.76. The molecule has 0 amide bonds. The van der Waals surface area contributed by atoms with Crippen molar-refractivity contribution in [3.05, 3.63) is 30.3 Å². The average molecular weight is 256 g/mol. The summed E-state index contributed by atoms with van der Waals surface area (Å²) in [6.45, 7) is 2.07. The summed E-state index contributed by atoms with van der Waals surface area (Å²) >= 11 is 0. The van der Waals surface area contributed by atoms with E-state index in [9.17, 15) is 0 Å². The molecule has 0 unspecified atom stereocenters. The maximum Gasteiger partial charge on any atom is 0.222 e. The Bertz CT molecular complexity index is 596. The van der Waals surface area contributed by atoms with E-state index in [1.807, 2.05) is 30.3 Å². The molecular formula is C14H16N4O. The van der Waals surface area contributed by atoms with Crippen molar-refractivity contribution in [2.45, 2.75) is 6.42 Å². The minimum absolute atomic E-state index is 0.308. The molecule has 0 bridgehead atoms. The lowest BCUT2D eigenvalue weighted by molar-refractivity contribution is 0.415. The summed E-state index contributed by atoms with van der Waals surface area (Å²) < 4.78 is 5.23. The molecule has 0 saturated carbocycles. The van der Waals surface area contributed by atoms with Crippen LogP contribution in [0.15, 0.2) is 30.3 Å². The van der Waals surface area contributed by atoms with Crippen molar-refractivity contribution in [3.63, 3.8) is 0 Å². The highest BCUT2D eigenvalue weighted by Gasteiger charge is 2.17. The Hall–Kier alpha value is -2.30. The van der Waals surface area contributed by atoms with Crippen molar-refractivity contribution in [1.82, 2.24) is 9.97 Å². The van der Waals surface area contributed by atoms with Crippen molar-refractivity contribution < 1.29 is 4.74 Å². The number of ether oxygens (including phenoxy) is 1. The van der Waals surface area contributed by atoms with Gasteiger partial charge in [0.1, 0.15) is 11.6 Å². The van der Waals surface area contributed by atoms with Gasteiger partial charge in [0.05, 0.1) is 12.8 Å². The van der Waals surface area contributed by atoms with Gasteiger partial charge in [-0.15, -0.1) is 0 Å². The standard InChI is InChI=1S/C14H16N4O/c1-19-11-5-2-4-10(8-11)12-9-13(17-14(15)16-12)18-6-3-7-18/h2,4-5,8-9H,3,6-7H2,1H3,(H2,15,16,17). The van der Waals surface area contributed by atoms with Crippen molar-refractivity contribution in [2.75, 3.05) is 30.8 Å². The monoisotopic (exact) mass is 256 g/mol. The predicted octanol–water partition coefficient (Wildman–Crippen LogP) is 1.94. The van der Waals surface area contributed by atoms with Crippen molar-refractivity contribution in [2.24, 2.45) is 0 Å². The molecule has 2 heterocycles. The molecule has 19 heavy (non-hydrogen) atoms. The van der Waals surface area contributed by atoms with E-state index < -0.39 is 0 Å². The third kappa shape index (κ3) is 2.31. The Kier molecular flexibility index (Phi) is 2.95. The molecular weight excluding hydrogens is 240 g/mol. The second kappa shape index (κ2) is 4.76. The lowest BCUT2D eigenvalue weighted by atomic mass is 10.1. The summed E-state index contributed by atoms with van der Waals surface area (Å²) in [5.74, 6) is 2.01. The Labute approximate surface area is 112 Å². The predicted molar refractivity (Wildman–Crippen MR) is 75.3 cm³/mol. The van der Waals surface area contributed by atoms with E-state index in [-0.39, 0.29) is 0 Å². The van der Waals surface area contributed by atoms with Gasteiger partial charge in [0.15, 0.2) is 0 Å². The molecule has 1 aliphatic heterocycles. The van der Waals surface area contributed by atoms with Crippen LogP contribution < -0.4 is 15.4 Å². The van der Waals surface area contributed by atoms with Crippen LogP contribution in [0.3, 0.4) is 0 Å². The lowest BCUT2D eigenvalue weighted by Gasteiger charge is -2.32. The van der Waals surface area contributed by atoms with E-state index in [1.165, 1.54) is 6.42 Å². The van der Waals surface area contributed by atoms with E-state index >= 15 is 0 Å².